The van der Waals surface area contributed by atoms with Gasteiger partial charge in [-0.15, -0.1) is 24.0 Å². The van der Waals surface area contributed by atoms with E-state index in [-0.39, 0.29) is 35.9 Å². The largest absolute Gasteiger partial charge is 0.469 e. The molecule has 0 saturated carbocycles. The lowest BCUT2D eigenvalue weighted by Crippen LogP contribution is -2.46. The van der Waals surface area contributed by atoms with Crippen LogP contribution in [0.4, 0.5) is 0 Å². The first-order valence-electron chi connectivity index (χ1n) is 8.83. The molecule has 1 amide bonds. The van der Waals surface area contributed by atoms with Crippen molar-refractivity contribution >= 4 is 41.8 Å². The number of aliphatic imine (C=N–C) groups is 1. The Labute approximate surface area is 168 Å². The predicted molar refractivity (Wildman–Crippen MR) is 110 cm³/mol. The molecule has 0 radical (unpaired) electrons. The molecule has 7 nitrogen and oxygen atoms in total. The first-order valence-corrected chi connectivity index (χ1v) is 8.83. The number of nitrogens with one attached hydrogen (secondary N) is 2. The van der Waals surface area contributed by atoms with Crippen molar-refractivity contribution in [3.8, 4) is 0 Å². The van der Waals surface area contributed by atoms with Crippen molar-refractivity contribution in [2.75, 3.05) is 40.8 Å². The molecule has 0 aromatic carbocycles. The third-order valence-electron chi connectivity index (χ3n) is 4.45. The minimum atomic E-state index is -0.140. The number of likely N-dealkylation sites (tertiary alicyclic amines) is 1. The lowest BCUT2D eigenvalue weighted by Gasteiger charge is -2.34. The van der Waals surface area contributed by atoms with Gasteiger partial charge in [0.25, 0.3) is 0 Å². The van der Waals surface area contributed by atoms with Gasteiger partial charge in [-0.2, -0.15) is 0 Å². The highest BCUT2D eigenvalue weighted by Crippen LogP contribution is 2.20. The lowest BCUT2D eigenvalue weighted by atomic mass is 9.93. The summed E-state index contributed by atoms with van der Waals surface area (Å²) < 4.78 is 4.63. The first kappa shape index (κ1) is 23.9. The fourth-order valence-electron chi connectivity index (χ4n) is 2.92. The van der Waals surface area contributed by atoms with E-state index in [9.17, 15) is 9.59 Å². The molecule has 25 heavy (non-hydrogen) atoms. The summed E-state index contributed by atoms with van der Waals surface area (Å²) in [7, 11) is 4.91. The van der Waals surface area contributed by atoms with Crippen molar-refractivity contribution in [1.29, 1.82) is 0 Å². The van der Waals surface area contributed by atoms with Crippen molar-refractivity contribution in [2.24, 2.45) is 10.9 Å². The summed E-state index contributed by atoms with van der Waals surface area (Å²) in [6.45, 7) is 2.72. The van der Waals surface area contributed by atoms with Crippen LogP contribution in [0.1, 0.15) is 44.9 Å². The van der Waals surface area contributed by atoms with Crippen LogP contribution in [0.25, 0.3) is 0 Å². The number of carbonyl (C=O) groups excluding carboxylic acids is 2. The summed E-state index contributed by atoms with van der Waals surface area (Å²) in [6, 6.07) is 0. The number of esters is 1. The van der Waals surface area contributed by atoms with Crippen LogP contribution in [-0.4, -0.2) is 63.6 Å². The Morgan fingerprint density at radius 3 is 2.44 bits per heavy atom. The molecule has 0 unspecified atom stereocenters. The number of halogens is 1. The number of guanidine groups is 1. The van der Waals surface area contributed by atoms with Gasteiger partial charge in [0.15, 0.2) is 5.96 Å². The molecule has 1 fully saturated rings. The van der Waals surface area contributed by atoms with Crippen LogP contribution in [0, 0.1) is 5.92 Å². The molecule has 8 heteroatoms. The number of unbranched alkanes of at least 4 members (excludes halogenated alkanes) is 2. The molecule has 0 aromatic rings. The van der Waals surface area contributed by atoms with E-state index in [2.05, 4.69) is 25.3 Å². The maximum absolute atomic E-state index is 11.5. The van der Waals surface area contributed by atoms with E-state index in [0.717, 1.165) is 57.7 Å². The van der Waals surface area contributed by atoms with Gasteiger partial charge in [0.2, 0.25) is 5.91 Å². The van der Waals surface area contributed by atoms with Gasteiger partial charge in [-0.25, -0.2) is 0 Å². The molecular weight excluding hydrogens is 435 g/mol. The van der Waals surface area contributed by atoms with E-state index in [0.29, 0.717) is 18.8 Å². The fraction of sp³-hybridized carbons (Fsp3) is 0.824. The Balaban J connectivity index is 0.00000576. The van der Waals surface area contributed by atoms with Gasteiger partial charge in [-0.05, 0) is 31.6 Å². The SMILES string of the molecule is CN=C(NCCCCCC(=O)OC)N1CCC(CC(=O)NC)CC1.I. The summed E-state index contributed by atoms with van der Waals surface area (Å²) >= 11 is 0. The average Bonchev–Trinajstić information content (AvgIpc) is 2.61. The standard InChI is InChI=1S/C17H32N4O3.HI/c1-18-15(22)13-14-8-11-21(12-9-14)17(19-2)20-10-6-4-5-7-16(23)24-3;/h14H,4-13H2,1-3H3,(H,18,22)(H,19,20);1H. The molecule has 146 valence electrons. The number of piperidine rings is 1. The molecule has 1 aliphatic rings. The van der Waals surface area contributed by atoms with Gasteiger partial charge in [0.1, 0.15) is 0 Å². The highest BCUT2D eigenvalue weighted by atomic mass is 127. The zero-order valence-corrected chi connectivity index (χ0v) is 18.0. The van der Waals surface area contributed by atoms with Crippen LogP contribution in [-0.2, 0) is 14.3 Å². The topological polar surface area (TPSA) is 83.0 Å². The smallest absolute Gasteiger partial charge is 0.305 e. The van der Waals surface area contributed by atoms with Crippen LogP contribution < -0.4 is 10.6 Å². The van der Waals surface area contributed by atoms with Gasteiger partial charge >= 0.3 is 5.97 Å². The number of carbonyl (C=O) groups is 2. The van der Waals surface area contributed by atoms with Gasteiger partial charge in [0.05, 0.1) is 7.11 Å². The van der Waals surface area contributed by atoms with Crippen molar-refractivity contribution in [3.05, 3.63) is 0 Å². The van der Waals surface area contributed by atoms with E-state index in [1.165, 1.54) is 7.11 Å². The number of rotatable bonds is 8. The van der Waals surface area contributed by atoms with Crippen molar-refractivity contribution in [3.63, 3.8) is 0 Å². The normalized spacial score (nSPS) is 15.3. The number of hydrogen-bond donors (Lipinski definition) is 2. The highest BCUT2D eigenvalue weighted by molar-refractivity contribution is 14.0. The molecule has 1 heterocycles. The Kier molecular flexibility index (Phi) is 13.5. The summed E-state index contributed by atoms with van der Waals surface area (Å²) in [5.41, 5.74) is 0. The highest BCUT2D eigenvalue weighted by Gasteiger charge is 2.22. The molecule has 0 atom stereocenters. The van der Waals surface area contributed by atoms with E-state index in [4.69, 9.17) is 0 Å². The van der Waals surface area contributed by atoms with E-state index >= 15 is 0 Å². The van der Waals surface area contributed by atoms with Gasteiger partial charge < -0.3 is 20.3 Å². The van der Waals surface area contributed by atoms with Crippen molar-refractivity contribution < 1.29 is 14.3 Å². The van der Waals surface area contributed by atoms with Crippen molar-refractivity contribution in [2.45, 2.75) is 44.9 Å². The average molecular weight is 468 g/mol. The Hall–Kier alpha value is -1.06. The molecule has 2 N–H and O–H groups in total. The number of methoxy groups -OCH3 is 1. The lowest BCUT2D eigenvalue weighted by molar-refractivity contribution is -0.140. The molecule has 1 saturated heterocycles. The van der Waals surface area contributed by atoms with Crippen LogP contribution in [0.2, 0.25) is 0 Å². The van der Waals surface area contributed by atoms with Gasteiger partial charge in [-0.1, -0.05) is 6.42 Å². The van der Waals surface area contributed by atoms with E-state index < -0.39 is 0 Å². The number of ether oxygens (including phenoxy) is 1. The van der Waals surface area contributed by atoms with Crippen LogP contribution in [0.15, 0.2) is 4.99 Å². The zero-order chi connectivity index (χ0) is 17.8. The molecule has 0 aliphatic carbocycles. The fourth-order valence-corrected chi connectivity index (χ4v) is 2.92. The molecular formula is C17H33IN4O3. The Morgan fingerprint density at radius 1 is 1.20 bits per heavy atom. The quantitative estimate of drug-likeness (QED) is 0.187. The predicted octanol–water partition coefficient (Wildman–Crippen LogP) is 1.76. The summed E-state index contributed by atoms with van der Waals surface area (Å²) in [5, 5.41) is 6.08. The summed E-state index contributed by atoms with van der Waals surface area (Å²) in [4.78, 5) is 29.1. The molecule has 0 spiro atoms. The zero-order valence-electron chi connectivity index (χ0n) is 15.7. The minimum absolute atomic E-state index is 0. The van der Waals surface area contributed by atoms with Crippen molar-refractivity contribution in [1.82, 2.24) is 15.5 Å². The third-order valence-corrected chi connectivity index (χ3v) is 4.45. The van der Waals surface area contributed by atoms with Crippen LogP contribution >= 0.6 is 24.0 Å². The second-order valence-corrected chi connectivity index (χ2v) is 6.17. The Morgan fingerprint density at radius 2 is 1.88 bits per heavy atom. The maximum Gasteiger partial charge on any atom is 0.305 e. The number of hydrogen-bond acceptors (Lipinski definition) is 4. The van der Waals surface area contributed by atoms with E-state index in [1.54, 1.807) is 14.1 Å². The summed E-state index contributed by atoms with van der Waals surface area (Å²) in [5.74, 6) is 1.39. The van der Waals surface area contributed by atoms with Crippen LogP contribution in [0.5, 0.6) is 0 Å². The van der Waals surface area contributed by atoms with Gasteiger partial charge in [-0.3, -0.25) is 14.6 Å². The van der Waals surface area contributed by atoms with Crippen LogP contribution in [0.3, 0.4) is 0 Å². The maximum atomic E-state index is 11.5. The molecule has 0 bridgehead atoms. The second-order valence-electron chi connectivity index (χ2n) is 6.17. The molecule has 1 aliphatic heterocycles. The summed E-state index contributed by atoms with van der Waals surface area (Å²) in [6.07, 6.45) is 6.01. The minimum Gasteiger partial charge on any atom is -0.469 e. The number of nitrogens with zero attached hydrogens (tertiary/aromatic N) is 2. The van der Waals surface area contributed by atoms with E-state index in [1.807, 2.05) is 0 Å². The monoisotopic (exact) mass is 468 g/mol. The second kappa shape index (κ2) is 14.1. The molecule has 0 aromatic heterocycles. The molecule has 1 rings (SSSR count). The number of amides is 1. The third kappa shape index (κ3) is 9.86. The van der Waals surface area contributed by atoms with Gasteiger partial charge in [0, 0.05) is 46.6 Å². The Bertz CT molecular complexity index is 424. The first-order chi connectivity index (χ1) is 11.6.